The molecule has 1 amide bonds. The van der Waals surface area contributed by atoms with E-state index in [1.807, 2.05) is 6.26 Å². The number of carboxylic acid groups (broad SMARTS) is 1. The van der Waals surface area contributed by atoms with E-state index in [1.54, 1.807) is 11.8 Å². The van der Waals surface area contributed by atoms with Crippen LogP contribution >= 0.6 is 11.8 Å². The molecule has 2 atom stereocenters. The quantitative estimate of drug-likeness (QED) is 0.608. The third-order valence-electron chi connectivity index (χ3n) is 1.75. The molecule has 0 heterocycles. The molecule has 0 aliphatic rings. The minimum atomic E-state index is -1.20. The number of aliphatic carboxylic acids is 1. The van der Waals surface area contributed by atoms with Crippen molar-refractivity contribution in [3.05, 3.63) is 0 Å². The van der Waals surface area contributed by atoms with Gasteiger partial charge in [-0.3, -0.25) is 9.00 Å². The molecule has 5 nitrogen and oxygen atoms in total. The zero-order valence-electron chi connectivity index (χ0n) is 9.39. The second kappa shape index (κ2) is 8.58. The van der Waals surface area contributed by atoms with Crippen LogP contribution in [0.1, 0.15) is 13.3 Å². The van der Waals surface area contributed by atoms with E-state index in [9.17, 15) is 13.8 Å². The molecule has 0 spiro atoms. The normalized spacial score (nSPS) is 14.1. The Morgan fingerprint density at radius 3 is 2.56 bits per heavy atom. The van der Waals surface area contributed by atoms with Crippen molar-refractivity contribution >= 4 is 34.4 Å². The lowest BCUT2D eigenvalue weighted by Gasteiger charge is -2.12. The lowest BCUT2D eigenvalue weighted by atomic mass is 10.3. The summed E-state index contributed by atoms with van der Waals surface area (Å²) in [5.74, 6) is -0.209. The van der Waals surface area contributed by atoms with E-state index in [1.165, 1.54) is 6.92 Å². The number of rotatable bonds is 8. The molecular formula is C9H17NO4S2. The number of carbonyl (C=O) groups is 2. The fourth-order valence-corrected chi connectivity index (χ4v) is 2.90. The molecule has 0 aliphatic carbocycles. The number of carbonyl (C=O) groups excluding carboxylic acids is 1. The minimum absolute atomic E-state index is 0.0245. The van der Waals surface area contributed by atoms with Crippen LogP contribution in [0, 0.1) is 0 Å². The Morgan fingerprint density at radius 2 is 2.12 bits per heavy atom. The van der Waals surface area contributed by atoms with Crippen LogP contribution in [-0.2, 0) is 20.4 Å². The number of nitrogens with one attached hydrogen (secondary N) is 1. The first-order valence-electron chi connectivity index (χ1n) is 4.81. The lowest BCUT2D eigenvalue weighted by molar-refractivity contribution is -0.140. The molecule has 0 aromatic heterocycles. The molecule has 0 aromatic carbocycles. The average Bonchev–Trinajstić information content (AvgIpc) is 2.16. The summed E-state index contributed by atoms with van der Waals surface area (Å²) in [7, 11) is -1.20. The van der Waals surface area contributed by atoms with E-state index in [0.29, 0.717) is 5.75 Å². The number of hydrogen-bond acceptors (Lipinski definition) is 4. The monoisotopic (exact) mass is 267 g/mol. The van der Waals surface area contributed by atoms with Crippen LogP contribution in [0.25, 0.3) is 0 Å². The van der Waals surface area contributed by atoms with Crippen molar-refractivity contribution in [2.75, 3.05) is 23.5 Å². The molecule has 7 heteroatoms. The van der Waals surface area contributed by atoms with E-state index >= 15 is 0 Å². The van der Waals surface area contributed by atoms with Crippen LogP contribution in [0.2, 0.25) is 0 Å². The zero-order chi connectivity index (χ0) is 12.6. The van der Waals surface area contributed by atoms with Gasteiger partial charge in [-0.2, -0.15) is 11.8 Å². The topological polar surface area (TPSA) is 83.5 Å². The van der Waals surface area contributed by atoms with Gasteiger partial charge in [0.15, 0.2) is 0 Å². The first-order valence-corrected chi connectivity index (χ1v) is 7.69. The van der Waals surface area contributed by atoms with Gasteiger partial charge in [-0.1, -0.05) is 0 Å². The number of amides is 1. The van der Waals surface area contributed by atoms with Gasteiger partial charge >= 0.3 is 5.97 Å². The second-order valence-electron chi connectivity index (χ2n) is 3.25. The van der Waals surface area contributed by atoms with Crippen molar-refractivity contribution in [3.63, 3.8) is 0 Å². The summed E-state index contributed by atoms with van der Waals surface area (Å²) in [5, 5.41) is 11.1. The lowest BCUT2D eigenvalue weighted by Crippen LogP contribution is -2.43. The number of carboxylic acids is 1. The van der Waals surface area contributed by atoms with Crippen molar-refractivity contribution in [2.45, 2.75) is 19.4 Å². The Labute approximate surface area is 102 Å². The predicted octanol–water partition coefficient (Wildman–Crippen LogP) is 0.0775. The summed E-state index contributed by atoms with van der Waals surface area (Å²) in [5.41, 5.74) is 0. The Hall–Kier alpha value is -0.560. The van der Waals surface area contributed by atoms with E-state index < -0.39 is 28.7 Å². The highest BCUT2D eigenvalue weighted by atomic mass is 32.2. The van der Waals surface area contributed by atoms with Crippen LogP contribution in [0.4, 0.5) is 0 Å². The molecule has 2 unspecified atom stereocenters. The first-order chi connectivity index (χ1) is 7.47. The van der Waals surface area contributed by atoms with Gasteiger partial charge in [-0.05, 0) is 18.4 Å². The van der Waals surface area contributed by atoms with Gasteiger partial charge in [0.1, 0.15) is 6.04 Å². The molecule has 0 fully saturated rings. The van der Waals surface area contributed by atoms with Crippen molar-refractivity contribution in [2.24, 2.45) is 0 Å². The molecule has 0 bridgehead atoms. The molecule has 0 rings (SSSR count). The highest BCUT2D eigenvalue weighted by Crippen LogP contribution is 1.99. The highest BCUT2D eigenvalue weighted by Gasteiger charge is 2.20. The average molecular weight is 267 g/mol. The minimum Gasteiger partial charge on any atom is -0.480 e. The maximum Gasteiger partial charge on any atom is 0.327 e. The first kappa shape index (κ1) is 15.4. The summed E-state index contributed by atoms with van der Waals surface area (Å²) in [6.07, 6.45) is 2.75. The second-order valence-corrected chi connectivity index (χ2v) is 5.86. The largest absolute Gasteiger partial charge is 0.480 e. The Balaban J connectivity index is 4.03. The van der Waals surface area contributed by atoms with E-state index in [0.717, 1.165) is 12.2 Å². The predicted molar refractivity (Wildman–Crippen MR) is 66.1 cm³/mol. The molecule has 16 heavy (non-hydrogen) atoms. The SMILES string of the molecule is CSCCCS(=O)CC(NC(C)=O)C(=O)O. The summed E-state index contributed by atoms with van der Waals surface area (Å²) in [6, 6.07) is -1.05. The smallest absolute Gasteiger partial charge is 0.327 e. The van der Waals surface area contributed by atoms with Gasteiger partial charge < -0.3 is 10.4 Å². The van der Waals surface area contributed by atoms with E-state index in [-0.39, 0.29) is 5.75 Å². The zero-order valence-corrected chi connectivity index (χ0v) is 11.0. The highest BCUT2D eigenvalue weighted by molar-refractivity contribution is 7.98. The van der Waals surface area contributed by atoms with Crippen molar-refractivity contribution in [3.8, 4) is 0 Å². The van der Waals surface area contributed by atoms with Gasteiger partial charge in [-0.25, -0.2) is 4.79 Å². The van der Waals surface area contributed by atoms with Crippen LogP contribution in [-0.4, -0.2) is 50.7 Å². The van der Waals surface area contributed by atoms with Crippen LogP contribution in [0.15, 0.2) is 0 Å². The van der Waals surface area contributed by atoms with E-state index in [2.05, 4.69) is 5.32 Å². The molecule has 94 valence electrons. The van der Waals surface area contributed by atoms with Gasteiger partial charge in [0.2, 0.25) is 5.91 Å². The maximum absolute atomic E-state index is 11.5. The summed E-state index contributed by atoms with van der Waals surface area (Å²) < 4.78 is 11.5. The van der Waals surface area contributed by atoms with Gasteiger partial charge in [-0.15, -0.1) is 0 Å². The summed E-state index contributed by atoms with van der Waals surface area (Å²) in [6.45, 7) is 1.24. The van der Waals surface area contributed by atoms with Gasteiger partial charge in [0, 0.05) is 23.5 Å². The molecular weight excluding hydrogens is 250 g/mol. The Morgan fingerprint density at radius 1 is 1.50 bits per heavy atom. The van der Waals surface area contributed by atoms with E-state index in [4.69, 9.17) is 5.11 Å². The van der Waals surface area contributed by atoms with Crippen molar-refractivity contribution in [1.29, 1.82) is 0 Å². The van der Waals surface area contributed by atoms with Crippen molar-refractivity contribution in [1.82, 2.24) is 5.32 Å². The Bertz CT molecular complexity index is 270. The van der Waals surface area contributed by atoms with Crippen molar-refractivity contribution < 1.29 is 18.9 Å². The summed E-state index contributed by atoms with van der Waals surface area (Å²) >= 11 is 1.66. The Kier molecular flexibility index (Phi) is 8.28. The number of thioether (sulfide) groups is 1. The molecule has 0 aromatic rings. The maximum atomic E-state index is 11.5. The fraction of sp³-hybridized carbons (Fsp3) is 0.778. The van der Waals surface area contributed by atoms with Gasteiger partial charge in [0.05, 0.1) is 5.75 Å². The summed E-state index contributed by atoms with van der Waals surface area (Å²) in [4.78, 5) is 21.5. The fourth-order valence-electron chi connectivity index (χ4n) is 1.05. The molecule has 2 N–H and O–H groups in total. The third kappa shape index (κ3) is 7.70. The molecule has 0 radical (unpaired) electrons. The molecule has 0 aliphatic heterocycles. The third-order valence-corrected chi connectivity index (χ3v) is 3.89. The van der Waals surface area contributed by atoms with Crippen LogP contribution in [0.3, 0.4) is 0 Å². The molecule has 0 saturated carbocycles. The van der Waals surface area contributed by atoms with Crippen LogP contribution < -0.4 is 5.32 Å². The number of hydrogen-bond donors (Lipinski definition) is 2. The van der Waals surface area contributed by atoms with Gasteiger partial charge in [0.25, 0.3) is 0 Å². The standard InChI is InChI=1S/C9H17NO4S2/c1-7(11)10-8(9(12)13)6-16(14)5-3-4-15-2/h8H,3-6H2,1-2H3,(H,10,11)(H,12,13). The molecule has 0 saturated heterocycles. The van der Waals surface area contributed by atoms with Crippen LogP contribution in [0.5, 0.6) is 0 Å².